The monoisotopic (exact) mass is 312 g/mol. The lowest BCUT2D eigenvalue weighted by molar-refractivity contribution is -0.385. The number of nitriles is 1. The second-order valence-corrected chi connectivity index (χ2v) is 4.13. The summed E-state index contributed by atoms with van der Waals surface area (Å²) in [6, 6.07) is 4.51. The Morgan fingerprint density at radius 2 is 2.28 bits per heavy atom. The molecule has 0 unspecified atom stereocenters. The largest absolute Gasteiger partial charge is 0.466 e. The number of hydrogen-bond donors (Lipinski definition) is 0. The van der Waals surface area contributed by atoms with E-state index in [-0.39, 0.29) is 29.8 Å². The zero-order valence-corrected chi connectivity index (χ0v) is 11.1. The molecular formula is C11H9BrN2O4. The highest BCUT2D eigenvalue weighted by Crippen LogP contribution is 2.29. The summed E-state index contributed by atoms with van der Waals surface area (Å²) >= 11 is 3.12. The van der Waals surface area contributed by atoms with Gasteiger partial charge in [-0.15, -0.1) is 0 Å². The highest BCUT2D eigenvalue weighted by molar-refractivity contribution is 9.10. The number of ether oxygens (including phenoxy) is 1. The van der Waals surface area contributed by atoms with Gasteiger partial charge in [0.1, 0.15) is 6.07 Å². The average molecular weight is 313 g/mol. The van der Waals surface area contributed by atoms with E-state index in [1.165, 1.54) is 12.1 Å². The molecule has 6 nitrogen and oxygen atoms in total. The van der Waals surface area contributed by atoms with Gasteiger partial charge in [-0.1, -0.05) is 0 Å². The Kier molecular flexibility index (Phi) is 4.80. The van der Waals surface area contributed by atoms with Crippen LogP contribution < -0.4 is 0 Å². The summed E-state index contributed by atoms with van der Waals surface area (Å²) in [6.45, 7) is 1.82. The van der Waals surface area contributed by atoms with E-state index in [4.69, 9.17) is 10.00 Å². The van der Waals surface area contributed by atoms with Gasteiger partial charge in [-0.2, -0.15) is 5.26 Å². The lowest BCUT2D eigenvalue weighted by Crippen LogP contribution is -2.11. The van der Waals surface area contributed by atoms with E-state index >= 15 is 0 Å². The van der Waals surface area contributed by atoms with Crippen molar-refractivity contribution in [2.24, 2.45) is 0 Å². The predicted octanol–water partition coefficient (Wildman–Crippen LogP) is 2.33. The molecule has 0 fully saturated rings. The van der Waals surface area contributed by atoms with Crippen LogP contribution in [0.3, 0.4) is 0 Å². The van der Waals surface area contributed by atoms with E-state index < -0.39 is 10.9 Å². The SMILES string of the molecule is CCOC(=O)Cc1c([N+](=O)[O-])ccc(Br)c1C#N. The summed E-state index contributed by atoms with van der Waals surface area (Å²) in [7, 11) is 0. The van der Waals surface area contributed by atoms with Crippen molar-refractivity contribution in [2.75, 3.05) is 6.61 Å². The van der Waals surface area contributed by atoms with E-state index in [1.54, 1.807) is 6.92 Å². The van der Waals surface area contributed by atoms with Crippen LogP contribution in [0, 0.1) is 21.4 Å². The molecule has 1 aromatic rings. The summed E-state index contributed by atoms with van der Waals surface area (Å²) in [4.78, 5) is 21.6. The third-order valence-electron chi connectivity index (χ3n) is 2.17. The van der Waals surface area contributed by atoms with Crippen molar-refractivity contribution in [2.45, 2.75) is 13.3 Å². The zero-order valence-electron chi connectivity index (χ0n) is 9.47. The van der Waals surface area contributed by atoms with Crippen LogP contribution in [-0.2, 0) is 16.0 Å². The molecule has 0 spiro atoms. The van der Waals surface area contributed by atoms with Crippen molar-refractivity contribution < 1.29 is 14.5 Å². The Morgan fingerprint density at radius 1 is 1.61 bits per heavy atom. The average Bonchev–Trinajstić information content (AvgIpc) is 2.29. The maximum atomic E-state index is 11.4. The summed E-state index contributed by atoms with van der Waals surface area (Å²) in [5.74, 6) is -0.602. The smallest absolute Gasteiger partial charge is 0.310 e. The topological polar surface area (TPSA) is 93.2 Å². The van der Waals surface area contributed by atoms with Gasteiger partial charge in [0, 0.05) is 10.5 Å². The Bertz CT molecular complexity index is 537. The molecule has 0 N–H and O–H groups in total. The quantitative estimate of drug-likeness (QED) is 0.483. The predicted molar refractivity (Wildman–Crippen MR) is 65.8 cm³/mol. The molecule has 0 atom stereocenters. The molecule has 0 radical (unpaired) electrons. The number of nitro benzene ring substituents is 1. The van der Waals surface area contributed by atoms with Crippen LogP contribution in [0.1, 0.15) is 18.1 Å². The summed E-state index contributed by atoms with van der Waals surface area (Å²) in [6.07, 6.45) is -0.299. The first kappa shape index (κ1) is 14.1. The summed E-state index contributed by atoms with van der Waals surface area (Å²) < 4.78 is 5.15. The molecule has 0 bridgehead atoms. The number of carbonyl (C=O) groups excluding carboxylic acids is 1. The van der Waals surface area contributed by atoms with Gasteiger partial charge in [-0.05, 0) is 28.9 Å². The van der Waals surface area contributed by atoms with Crippen molar-refractivity contribution in [1.82, 2.24) is 0 Å². The van der Waals surface area contributed by atoms with Gasteiger partial charge in [-0.3, -0.25) is 14.9 Å². The Hall–Kier alpha value is -1.94. The molecule has 18 heavy (non-hydrogen) atoms. The summed E-state index contributed by atoms with van der Waals surface area (Å²) in [5.41, 5.74) is -0.115. The van der Waals surface area contributed by atoms with Crippen LogP contribution in [0.5, 0.6) is 0 Å². The van der Waals surface area contributed by atoms with Gasteiger partial charge in [0.15, 0.2) is 0 Å². The minimum Gasteiger partial charge on any atom is -0.466 e. The maximum absolute atomic E-state index is 11.4. The fourth-order valence-corrected chi connectivity index (χ4v) is 1.90. The van der Waals surface area contributed by atoms with Crippen LogP contribution in [0.25, 0.3) is 0 Å². The van der Waals surface area contributed by atoms with Gasteiger partial charge in [0.05, 0.1) is 29.1 Å². The molecule has 0 saturated heterocycles. The van der Waals surface area contributed by atoms with Crippen molar-refractivity contribution in [3.8, 4) is 6.07 Å². The van der Waals surface area contributed by atoms with Gasteiger partial charge >= 0.3 is 5.97 Å². The first-order chi connectivity index (χ1) is 8.51. The van der Waals surface area contributed by atoms with Crippen LogP contribution in [0.2, 0.25) is 0 Å². The van der Waals surface area contributed by atoms with Crippen LogP contribution in [-0.4, -0.2) is 17.5 Å². The molecule has 1 rings (SSSR count). The van der Waals surface area contributed by atoms with Gasteiger partial charge < -0.3 is 4.74 Å². The van der Waals surface area contributed by atoms with Gasteiger partial charge in [-0.25, -0.2) is 0 Å². The molecule has 0 aliphatic heterocycles. The third kappa shape index (κ3) is 3.05. The molecular weight excluding hydrogens is 304 g/mol. The lowest BCUT2D eigenvalue weighted by Gasteiger charge is -2.06. The molecule has 94 valence electrons. The van der Waals surface area contributed by atoms with E-state index in [9.17, 15) is 14.9 Å². The molecule has 1 aromatic carbocycles. The zero-order chi connectivity index (χ0) is 13.7. The standard InChI is InChI=1S/C11H9BrN2O4/c1-2-18-11(15)5-7-8(6-13)9(12)3-4-10(7)14(16)17/h3-4H,2,5H2,1H3. The van der Waals surface area contributed by atoms with E-state index in [2.05, 4.69) is 15.9 Å². The molecule has 0 aliphatic rings. The second-order valence-electron chi connectivity index (χ2n) is 3.27. The molecule has 0 saturated carbocycles. The highest BCUT2D eigenvalue weighted by atomic mass is 79.9. The maximum Gasteiger partial charge on any atom is 0.310 e. The first-order valence-corrected chi connectivity index (χ1v) is 5.82. The molecule has 0 aromatic heterocycles. The number of halogens is 1. The number of nitrogens with zero attached hydrogens (tertiary/aromatic N) is 2. The molecule has 7 heteroatoms. The third-order valence-corrected chi connectivity index (χ3v) is 2.83. The van der Waals surface area contributed by atoms with Crippen LogP contribution in [0.15, 0.2) is 16.6 Å². The van der Waals surface area contributed by atoms with Crippen molar-refractivity contribution in [3.63, 3.8) is 0 Å². The van der Waals surface area contributed by atoms with Crippen molar-refractivity contribution in [1.29, 1.82) is 5.26 Å². The van der Waals surface area contributed by atoms with Crippen molar-refractivity contribution in [3.05, 3.63) is 37.8 Å². The number of nitro groups is 1. The minimum absolute atomic E-state index is 0.0651. The number of rotatable bonds is 4. The number of esters is 1. The molecule has 0 amide bonds. The minimum atomic E-state index is -0.623. The van der Waals surface area contributed by atoms with Gasteiger partial charge in [0.25, 0.3) is 5.69 Å². The highest BCUT2D eigenvalue weighted by Gasteiger charge is 2.22. The van der Waals surface area contributed by atoms with Crippen LogP contribution in [0.4, 0.5) is 5.69 Å². The molecule has 0 aliphatic carbocycles. The fraction of sp³-hybridized carbons (Fsp3) is 0.273. The number of hydrogen-bond acceptors (Lipinski definition) is 5. The Balaban J connectivity index is 3.29. The Labute approximate surface area is 111 Å². The first-order valence-electron chi connectivity index (χ1n) is 5.02. The van der Waals surface area contributed by atoms with E-state index in [0.29, 0.717) is 4.47 Å². The summed E-state index contributed by atoms with van der Waals surface area (Å²) in [5, 5.41) is 19.9. The normalized spacial score (nSPS) is 9.61. The lowest BCUT2D eigenvalue weighted by atomic mass is 10.0. The Morgan fingerprint density at radius 3 is 2.78 bits per heavy atom. The van der Waals surface area contributed by atoms with E-state index in [1.807, 2.05) is 6.07 Å². The van der Waals surface area contributed by atoms with Crippen LogP contribution >= 0.6 is 15.9 Å². The number of carbonyl (C=O) groups is 1. The fourth-order valence-electron chi connectivity index (χ4n) is 1.44. The van der Waals surface area contributed by atoms with E-state index in [0.717, 1.165) is 0 Å². The second kappa shape index (κ2) is 6.12. The van der Waals surface area contributed by atoms with Crippen molar-refractivity contribution >= 4 is 27.6 Å². The van der Waals surface area contributed by atoms with Gasteiger partial charge in [0.2, 0.25) is 0 Å². The number of benzene rings is 1. The molecule has 0 heterocycles.